The van der Waals surface area contributed by atoms with Crippen molar-refractivity contribution in [1.29, 1.82) is 0 Å². The molecule has 83 valence electrons. The van der Waals surface area contributed by atoms with E-state index in [1.165, 1.54) is 5.56 Å². The third-order valence-electron chi connectivity index (χ3n) is 2.26. The van der Waals surface area contributed by atoms with E-state index >= 15 is 0 Å². The molecule has 2 nitrogen and oxygen atoms in total. The lowest BCUT2D eigenvalue weighted by Gasteiger charge is -2.06. The summed E-state index contributed by atoms with van der Waals surface area (Å²) in [5.74, 6) is 0.944. The Hall–Kier alpha value is -1.02. The van der Waals surface area contributed by atoms with E-state index in [4.69, 9.17) is 10.5 Å². The molecule has 1 radical (unpaired) electrons. The Morgan fingerprint density at radius 2 is 1.87 bits per heavy atom. The molecule has 1 aromatic rings. The molecule has 0 saturated carbocycles. The third-order valence-corrected chi connectivity index (χ3v) is 2.26. The van der Waals surface area contributed by atoms with E-state index in [1.807, 2.05) is 12.1 Å². The van der Waals surface area contributed by atoms with Gasteiger partial charge in [0.1, 0.15) is 5.75 Å². The number of hydrogen-bond acceptors (Lipinski definition) is 2. The van der Waals surface area contributed by atoms with Gasteiger partial charge in [-0.1, -0.05) is 19.1 Å². The Bertz CT molecular complexity index is 256. The minimum Gasteiger partial charge on any atom is -0.494 e. The molecule has 1 rings (SSSR count). The highest BCUT2D eigenvalue weighted by molar-refractivity contribution is 5.27. The average molecular weight is 206 g/mol. The standard InChI is InChI=1S/C13H20NO/c1-2-5-12-6-8-13(9-7-12)15-11-4-3-10-14/h6-9H,1-5,10-11,14H2. The molecule has 0 aliphatic rings. The van der Waals surface area contributed by atoms with Gasteiger partial charge in [-0.2, -0.15) is 0 Å². The largest absolute Gasteiger partial charge is 0.494 e. The van der Waals surface area contributed by atoms with Crippen LogP contribution in [-0.4, -0.2) is 13.2 Å². The van der Waals surface area contributed by atoms with Crippen molar-refractivity contribution in [3.05, 3.63) is 36.8 Å². The second-order valence-electron chi connectivity index (χ2n) is 3.59. The van der Waals surface area contributed by atoms with Crippen LogP contribution in [0.4, 0.5) is 0 Å². The molecular weight excluding hydrogens is 186 g/mol. The predicted molar refractivity (Wildman–Crippen MR) is 63.9 cm³/mol. The number of benzene rings is 1. The van der Waals surface area contributed by atoms with Crippen LogP contribution in [0.5, 0.6) is 5.75 Å². The average Bonchev–Trinajstić information content (AvgIpc) is 2.27. The molecule has 0 amide bonds. The molecule has 0 unspecified atom stereocenters. The zero-order valence-corrected chi connectivity index (χ0v) is 9.24. The Kier molecular flexibility index (Phi) is 5.86. The molecule has 0 aliphatic heterocycles. The Labute approximate surface area is 92.4 Å². The van der Waals surface area contributed by atoms with E-state index in [1.54, 1.807) is 0 Å². The first-order valence-corrected chi connectivity index (χ1v) is 5.58. The third kappa shape index (κ3) is 4.84. The van der Waals surface area contributed by atoms with Crippen molar-refractivity contribution in [2.24, 2.45) is 5.73 Å². The van der Waals surface area contributed by atoms with Crippen LogP contribution in [0, 0.1) is 6.92 Å². The van der Waals surface area contributed by atoms with Gasteiger partial charge in [0.15, 0.2) is 0 Å². The summed E-state index contributed by atoms with van der Waals surface area (Å²) in [6, 6.07) is 8.24. The minimum atomic E-state index is 0.742. The lowest BCUT2D eigenvalue weighted by molar-refractivity contribution is 0.308. The summed E-state index contributed by atoms with van der Waals surface area (Å²) in [4.78, 5) is 0. The van der Waals surface area contributed by atoms with Crippen LogP contribution in [0.2, 0.25) is 0 Å². The summed E-state index contributed by atoms with van der Waals surface area (Å²) < 4.78 is 5.57. The van der Waals surface area contributed by atoms with Gasteiger partial charge in [-0.25, -0.2) is 0 Å². The molecule has 0 aromatic heterocycles. The van der Waals surface area contributed by atoms with Crippen LogP contribution in [-0.2, 0) is 6.42 Å². The van der Waals surface area contributed by atoms with Gasteiger partial charge in [0.05, 0.1) is 6.61 Å². The molecule has 0 fully saturated rings. The molecule has 1 aromatic carbocycles. The number of ether oxygens (including phenoxy) is 1. The first kappa shape index (κ1) is 12.1. The van der Waals surface area contributed by atoms with Crippen molar-refractivity contribution >= 4 is 0 Å². The van der Waals surface area contributed by atoms with Crippen molar-refractivity contribution in [3.8, 4) is 5.75 Å². The SMILES string of the molecule is [CH2]CCc1ccc(OCCCCN)cc1. The van der Waals surface area contributed by atoms with Gasteiger partial charge in [0.25, 0.3) is 0 Å². The van der Waals surface area contributed by atoms with E-state index in [-0.39, 0.29) is 0 Å². The van der Waals surface area contributed by atoms with E-state index in [0.29, 0.717) is 0 Å². The number of aryl methyl sites for hydroxylation is 1. The lowest BCUT2D eigenvalue weighted by Crippen LogP contribution is -2.03. The molecule has 15 heavy (non-hydrogen) atoms. The van der Waals surface area contributed by atoms with E-state index < -0.39 is 0 Å². The van der Waals surface area contributed by atoms with Gasteiger partial charge < -0.3 is 10.5 Å². The maximum Gasteiger partial charge on any atom is 0.119 e. The lowest BCUT2D eigenvalue weighted by atomic mass is 10.1. The summed E-state index contributed by atoms with van der Waals surface area (Å²) >= 11 is 0. The van der Waals surface area contributed by atoms with Crippen LogP contribution < -0.4 is 10.5 Å². The van der Waals surface area contributed by atoms with Gasteiger partial charge in [0.2, 0.25) is 0 Å². The highest BCUT2D eigenvalue weighted by Crippen LogP contribution is 2.13. The fraction of sp³-hybridized carbons (Fsp3) is 0.462. The van der Waals surface area contributed by atoms with Crippen LogP contribution in [0.15, 0.2) is 24.3 Å². The Balaban J connectivity index is 2.29. The first-order chi connectivity index (χ1) is 7.36. The van der Waals surface area contributed by atoms with Gasteiger partial charge in [-0.15, -0.1) is 0 Å². The number of hydrogen-bond donors (Lipinski definition) is 1. The molecule has 2 N–H and O–H groups in total. The summed E-state index contributed by atoms with van der Waals surface area (Å²) in [5.41, 5.74) is 6.72. The molecule has 0 atom stereocenters. The molecule has 0 aliphatic carbocycles. The fourth-order valence-electron chi connectivity index (χ4n) is 1.39. The van der Waals surface area contributed by atoms with Gasteiger partial charge in [-0.05, 0) is 49.9 Å². The molecule has 0 bridgehead atoms. The highest BCUT2D eigenvalue weighted by Gasteiger charge is 1.94. The first-order valence-electron chi connectivity index (χ1n) is 5.58. The van der Waals surface area contributed by atoms with E-state index in [2.05, 4.69) is 19.1 Å². The number of rotatable bonds is 7. The second-order valence-corrected chi connectivity index (χ2v) is 3.59. The van der Waals surface area contributed by atoms with Crippen molar-refractivity contribution in [2.45, 2.75) is 25.7 Å². The van der Waals surface area contributed by atoms with E-state index in [9.17, 15) is 0 Å². The summed E-state index contributed by atoms with van der Waals surface area (Å²) in [6.45, 7) is 5.33. The summed E-state index contributed by atoms with van der Waals surface area (Å²) in [5, 5.41) is 0. The van der Waals surface area contributed by atoms with Gasteiger partial charge in [-0.3, -0.25) is 0 Å². The summed E-state index contributed by atoms with van der Waals surface area (Å²) in [7, 11) is 0. The highest BCUT2D eigenvalue weighted by atomic mass is 16.5. The van der Waals surface area contributed by atoms with Crippen molar-refractivity contribution in [3.63, 3.8) is 0 Å². The van der Waals surface area contributed by atoms with E-state index in [0.717, 1.165) is 44.6 Å². The van der Waals surface area contributed by atoms with Gasteiger partial charge in [0, 0.05) is 0 Å². The molecular formula is C13H20NO. The quantitative estimate of drug-likeness (QED) is 0.696. The minimum absolute atomic E-state index is 0.742. The normalized spacial score (nSPS) is 10.3. The van der Waals surface area contributed by atoms with Crippen molar-refractivity contribution in [1.82, 2.24) is 0 Å². The maximum absolute atomic E-state index is 5.57. The van der Waals surface area contributed by atoms with Crippen LogP contribution in [0.3, 0.4) is 0 Å². The van der Waals surface area contributed by atoms with Crippen LogP contribution in [0.1, 0.15) is 24.8 Å². The molecule has 0 saturated heterocycles. The topological polar surface area (TPSA) is 35.2 Å². The smallest absolute Gasteiger partial charge is 0.119 e. The van der Waals surface area contributed by atoms with Crippen molar-refractivity contribution < 1.29 is 4.74 Å². The van der Waals surface area contributed by atoms with Gasteiger partial charge >= 0.3 is 0 Å². The fourth-order valence-corrected chi connectivity index (χ4v) is 1.39. The Morgan fingerprint density at radius 3 is 2.47 bits per heavy atom. The molecule has 2 heteroatoms. The molecule has 0 spiro atoms. The van der Waals surface area contributed by atoms with Crippen LogP contribution in [0.25, 0.3) is 0 Å². The predicted octanol–water partition coefficient (Wildman–Crippen LogP) is 2.57. The maximum atomic E-state index is 5.57. The van der Waals surface area contributed by atoms with Crippen molar-refractivity contribution in [2.75, 3.05) is 13.2 Å². The van der Waals surface area contributed by atoms with Crippen LogP contribution >= 0.6 is 0 Å². The second kappa shape index (κ2) is 7.30. The number of nitrogens with two attached hydrogens (primary N) is 1. The Morgan fingerprint density at radius 1 is 1.13 bits per heavy atom. The zero-order valence-electron chi connectivity index (χ0n) is 9.24. The zero-order chi connectivity index (χ0) is 10.9. The summed E-state index contributed by atoms with van der Waals surface area (Å²) in [6.07, 6.45) is 4.03. The monoisotopic (exact) mass is 206 g/mol. The molecule has 0 heterocycles. The number of unbranched alkanes of at least 4 members (excludes halogenated alkanes) is 1.